The number of unbranched alkanes of at least 4 members (excludes halogenated alkanes) is 2. The van der Waals surface area contributed by atoms with Crippen molar-refractivity contribution in [1.82, 2.24) is 4.98 Å². The third kappa shape index (κ3) is 6.65. The maximum atomic E-state index is 13.5. The third-order valence-electron chi connectivity index (χ3n) is 6.75. The number of aryl methyl sites for hydroxylation is 1. The Hall–Kier alpha value is -4.18. The number of rotatable bonds is 13. The largest absolute Gasteiger partial charge is 0.507 e. The molecule has 1 aliphatic heterocycles. The van der Waals surface area contributed by atoms with Crippen molar-refractivity contribution in [2.75, 3.05) is 24.7 Å². The van der Waals surface area contributed by atoms with Gasteiger partial charge < -0.3 is 19.3 Å². The van der Waals surface area contributed by atoms with Crippen molar-refractivity contribution >= 4 is 39.9 Å². The Balaban J connectivity index is 1.78. The highest BCUT2D eigenvalue weighted by molar-refractivity contribution is 7.17. The summed E-state index contributed by atoms with van der Waals surface area (Å²) in [5, 5.41) is 11.6. The maximum Gasteiger partial charge on any atom is 0.350 e. The summed E-state index contributed by atoms with van der Waals surface area (Å²) in [6, 6.07) is 12.8. The van der Waals surface area contributed by atoms with Gasteiger partial charge in [-0.2, -0.15) is 0 Å². The van der Waals surface area contributed by atoms with E-state index in [4.69, 9.17) is 14.2 Å². The lowest BCUT2D eigenvalue weighted by Crippen LogP contribution is -2.29. The second kappa shape index (κ2) is 14.1. The molecule has 4 rings (SSSR count). The smallest absolute Gasteiger partial charge is 0.350 e. The van der Waals surface area contributed by atoms with Gasteiger partial charge in [-0.25, -0.2) is 9.78 Å². The van der Waals surface area contributed by atoms with Crippen LogP contribution in [0.2, 0.25) is 0 Å². The van der Waals surface area contributed by atoms with Gasteiger partial charge in [0.25, 0.3) is 5.78 Å². The van der Waals surface area contributed by atoms with Crippen molar-refractivity contribution in [2.24, 2.45) is 0 Å². The van der Waals surface area contributed by atoms with Crippen molar-refractivity contribution in [3.63, 3.8) is 0 Å². The highest BCUT2D eigenvalue weighted by Gasteiger charge is 2.48. The molecule has 0 aliphatic carbocycles. The summed E-state index contributed by atoms with van der Waals surface area (Å²) in [7, 11) is 0. The molecule has 2 aromatic carbocycles. The number of anilines is 1. The molecule has 0 spiro atoms. The van der Waals surface area contributed by atoms with Crippen molar-refractivity contribution in [3.05, 3.63) is 75.8 Å². The van der Waals surface area contributed by atoms with E-state index in [0.29, 0.717) is 41.5 Å². The molecule has 1 aromatic heterocycles. The van der Waals surface area contributed by atoms with E-state index in [2.05, 4.69) is 18.8 Å². The number of Topliss-reactive ketones (excluding diaryl/α,β-unsaturated/α-hetero) is 1. The zero-order chi connectivity index (χ0) is 30.2. The SMILES string of the molecule is CCCCOc1ccc(C(O)=C2C(=O)C(=O)N(c3nc(C)c(C(=O)OCC)s3)C2c2ccc(OCCCC)cc2)cc1. The van der Waals surface area contributed by atoms with Crippen LogP contribution in [0.5, 0.6) is 11.5 Å². The molecule has 1 saturated heterocycles. The van der Waals surface area contributed by atoms with Crippen molar-refractivity contribution in [3.8, 4) is 11.5 Å². The minimum atomic E-state index is -0.990. The third-order valence-corrected chi connectivity index (χ3v) is 7.89. The number of aromatic nitrogens is 1. The average Bonchev–Trinajstić information content (AvgIpc) is 3.50. The monoisotopic (exact) mass is 592 g/mol. The van der Waals surface area contributed by atoms with E-state index in [9.17, 15) is 19.5 Å². The molecule has 3 aromatic rings. The molecule has 0 radical (unpaired) electrons. The summed E-state index contributed by atoms with van der Waals surface area (Å²) in [4.78, 5) is 45.5. The van der Waals surface area contributed by atoms with Gasteiger partial charge in [-0.3, -0.25) is 14.5 Å². The summed E-state index contributed by atoms with van der Waals surface area (Å²) < 4.78 is 16.7. The van der Waals surface area contributed by atoms with Crippen molar-refractivity contribution in [2.45, 2.75) is 59.4 Å². The minimum absolute atomic E-state index is 0.0789. The average molecular weight is 593 g/mol. The van der Waals surface area contributed by atoms with Crippen LogP contribution in [0, 0.1) is 6.92 Å². The van der Waals surface area contributed by atoms with Gasteiger partial charge in [-0.15, -0.1) is 0 Å². The predicted molar refractivity (Wildman–Crippen MR) is 161 cm³/mol. The first kappa shape index (κ1) is 30.8. The fraction of sp³-hybridized carbons (Fsp3) is 0.375. The van der Waals surface area contributed by atoms with Gasteiger partial charge >= 0.3 is 11.9 Å². The van der Waals surface area contributed by atoms with Gasteiger partial charge in [0.05, 0.1) is 37.1 Å². The topological polar surface area (TPSA) is 115 Å². The van der Waals surface area contributed by atoms with Crippen LogP contribution in [0.3, 0.4) is 0 Å². The molecule has 0 bridgehead atoms. The lowest BCUT2D eigenvalue weighted by Gasteiger charge is -2.23. The second-order valence-corrected chi connectivity index (χ2v) is 10.8. The van der Waals surface area contributed by atoms with Crippen LogP contribution in [-0.2, 0) is 14.3 Å². The Morgan fingerprint density at radius 2 is 1.50 bits per heavy atom. The molecule has 10 heteroatoms. The van der Waals surface area contributed by atoms with Crippen LogP contribution in [0.1, 0.15) is 79.0 Å². The Kier molecular flexibility index (Phi) is 10.4. The highest BCUT2D eigenvalue weighted by atomic mass is 32.1. The molecule has 0 saturated carbocycles. The number of esters is 1. The van der Waals surface area contributed by atoms with Gasteiger partial charge in [-0.1, -0.05) is 50.2 Å². The number of nitrogens with zero attached hydrogens (tertiary/aromatic N) is 2. The zero-order valence-electron chi connectivity index (χ0n) is 24.3. The number of carbonyl (C=O) groups excluding carboxylic acids is 3. The number of aliphatic hydroxyl groups excluding tert-OH is 1. The van der Waals surface area contributed by atoms with Crippen LogP contribution in [-0.4, -0.2) is 47.6 Å². The fourth-order valence-corrected chi connectivity index (χ4v) is 5.48. The molecule has 1 fully saturated rings. The Bertz CT molecular complexity index is 1440. The number of ketones is 1. The summed E-state index contributed by atoms with van der Waals surface area (Å²) in [5.74, 6) is -1.29. The number of thiazole rings is 1. The molecule has 9 nitrogen and oxygen atoms in total. The number of aliphatic hydroxyl groups is 1. The molecule has 1 aliphatic rings. The molecular weight excluding hydrogens is 556 g/mol. The Labute approximate surface area is 249 Å². The van der Waals surface area contributed by atoms with E-state index in [-0.39, 0.29) is 27.9 Å². The van der Waals surface area contributed by atoms with Crippen LogP contribution < -0.4 is 14.4 Å². The van der Waals surface area contributed by atoms with Crippen LogP contribution in [0.25, 0.3) is 5.76 Å². The lowest BCUT2D eigenvalue weighted by atomic mass is 9.95. The number of benzene rings is 2. The van der Waals surface area contributed by atoms with Gasteiger partial charge in [-0.05, 0) is 68.7 Å². The summed E-state index contributed by atoms with van der Waals surface area (Å²) in [6.45, 7) is 8.83. The standard InChI is InChI=1S/C32H36N2O7S/c1-5-8-18-40-23-14-10-21(11-15-23)26-25(27(35)22-12-16-24(17-13-22)41-19-9-6-2)28(36)30(37)34(26)32-33-20(4)29(42-32)31(38)39-7-3/h10-17,26,35H,5-9,18-19H2,1-4H3. The highest BCUT2D eigenvalue weighted by Crippen LogP contribution is 2.44. The molecule has 222 valence electrons. The molecule has 1 N–H and O–H groups in total. The van der Waals surface area contributed by atoms with Gasteiger partial charge in [0.15, 0.2) is 5.13 Å². The summed E-state index contributed by atoms with van der Waals surface area (Å²) in [5.41, 5.74) is 1.24. The van der Waals surface area contributed by atoms with Gasteiger partial charge in [0.2, 0.25) is 0 Å². The first-order valence-corrected chi connectivity index (χ1v) is 15.0. The zero-order valence-corrected chi connectivity index (χ0v) is 25.2. The minimum Gasteiger partial charge on any atom is -0.507 e. The van der Waals surface area contributed by atoms with Crippen LogP contribution in [0.4, 0.5) is 5.13 Å². The summed E-state index contributed by atoms with van der Waals surface area (Å²) in [6.07, 6.45) is 3.84. The predicted octanol–water partition coefficient (Wildman–Crippen LogP) is 6.61. The molecule has 1 unspecified atom stereocenters. The second-order valence-electron chi connectivity index (χ2n) is 9.80. The molecule has 42 heavy (non-hydrogen) atoms. The quantitative estimate of drug-likeness (QED) is 0.0775. The van der Waals surface area contributed by atoms with Gasteiger partial charge in [0, 0.05) is 5.56 Å². The molecule has 1 atom stereocenters. The number of hydrogen-bond donors (Lipinski definition) is 1. The molecule has 1 amide bonds. The maximum absolute atomic E-state index is 13.5. The number of hydrogen-bond acceptors (Lipinski definition) is 9. The number of amides is 1. The van der Waals surface area contributed by atoms with Crippen LogP contribution in [0.15, 0.2) is 54.1 Å². The van der Waals surface area contributed by atoms with Gasteiger partial charge in [0.1, 0.15) is 22.1 Å². The van der Waals surface area contributed by atoms with E-state index in [0.717, 1.165) is 37.0 Å². The van der Waals surface area contributed by atoms with E-state index in [1.807, 2.05) is 0 Å². The van der Waals surface area contributed by atoms with E-state index < -0.39 is 23.7 Å². The first-order valence-electron chi connectivity index (χ1n) is 14.2. The number of ether oxygens (including phenoxy) is 3. The van der Waals surface area contributed by atoms with Crippen LogP contribution >= 0.6 is 11.3 Å². The van der Waals surface area contributed by atoms with Crippen molar-refractivity contribution in [1.29, 1.82) is 0 Å². The molecule has 2 heterocycles. The molecular formula is C32H36N2O7S. The normalized spacial score (nSPS) is 16.1. The van der Waals surface area contributed by atoms with E-state index >= 15 is 0 Å². The first-order chi connectivity index (χ1) is 20.3. The van der Waals surface area contributed by atoms with Crippen molar-refractivity contribution < 1.29 is 33.7 Å². The lowest BCUT2D eigenvalue weighted by molar-refractivity contribution is -0.132. The Morgan fingerprint density at radius 3 is 2.05 bits per heavy atom. The Morgan fingerprint density at radius 1 is 0.929 bits per heavy atom. The van der Waals surface area contributed by atoms with E-state index in [1.54, 1.807) is 62.4 Å². The summed E-state index contributed by atoms with van der Waals surface area (Å²) >= 11 is 0.968. The fourth-order valence-electron chi connectivity index (χ4n) is 4.50. The number of carbonyl (C=O) groups is 3. The van der Waals surface area contributed by atoms with E-state index in [1.165, 1.54) is 4.90 Å².